The Morgan fingerprint density at radius 1 is 1.17 bits per heavy atom. The van der Waals surface area contributed by atoms with E-state index in [2.05, 4.69) is 20.1 Å². The molecule has 0 aromatic carbocycles. The minimum Gasteiger partial charge on any atom is -0.341 e. The minimum absolute atomic E-state index is 0.0971. The molecule has 0 radical (unpaired) electrons. The molecule has 3 aromatic rings. The third-order valence-corrected chi connectivity index (χ3v) is 3.68. The molecule has 0 aliphatic rings. The molecule has 3 rings (SSSR count). The summed E-state index contributed by atoms with van der Waals surface area (Å²) in [6.45, 7) is 0.608. The molecule has 0 aliphatic heterocycles. The Morgan fingerprint density at radius 2 is 1.88 bits per heavy atom. The van der Waals surface area contributed by atoms with Crippen LogP contribution in [0.15, 0.2) is 49.3 Å². The van der Waals surface area contributed by atoms with Crippen LogP contribution in [-0.2, 0) is 13.5 Å². The SMILES string of the molecule is CN(CCc1cnn(C)c1)C(=O)c1cnc(-c2ccncc2)nc1. The summed E-state index contributed by atoms with van der Waals surface area (Å²) in [4.78, 5) is 26.6. The van der Waals surface area contributed by atoms with Crippen LogP contribution in [0.5, 0.6) is 0 Å². The first-order valence-electron chi connectivity index (χ1n) is 7.59. The van der Waals surface area contributed by atoms with Crippen LogP contribution in [0.4, 0.5) is 0 Å². The Labute approximate surface area is 140 Å². The topological polar surface area (TPSA) is 76.8 Å². The van der Waals surface area contributed by atoms with Gasteiger partial charge in [-0.2, -0.15) is 5.10 Å². The molecule has 0 atom stereocenters. The van der Waals surface area contributed by atoms with Gasteiger partial charge in [0.15, 0.2) is 5.82 Å². The number of carbonyl (C=O) groups is 1. The monoisotopic (exact) mass is 322 g/mol. The predicted molar refractivity (Wildman–Crippen MR) is 89.1 cm³/mol. The van der Waals surface area contributed by atoms with Crippen LogP contribution in [0.1, 0.15) is 15.9 Å². The molecular formula is C17H18N6O. The highest BCUT2D eigenvalue weighted by Crippen LogP contribution is 2.13. The van der Waals surface area contributed by atoms with Crippen molar-refractivity contribution in [2.45, 2.75) is 6.42 Å². The van der Waals surface area contributed by atoms with E-state index in [1.807, 2.05) is 31.6 Å². The van der Waals surface area contributed by atoms with Gasteiger partial charge in [0.2, 0.25) is 0 Å². The first kappa shape index (κ1) is 15.8. The first-order chi connectivity index (χ1) is 11.6. The third kappa shape index (κ3) is 3.62. The summed E-state index contributed by atoms with van der Waals surface area (Å²) in [5, 5.41) is 4.12. The molecule has 7 heteroatoms. The second-order valence-corrected chi connectivity index (χ2v) is 5.53. The van der Waals surface area contributed by atoms with E-state index < -0.39 is 0 Å². The molecule has 0 saturated carbocycles. The number of pyridine rings is 1. The average molecular weight is 322 g/mol. The zero-order valence-electron chi connectivity index (χ0n) is 13.6. The molecule has 0 fully saturated rings. The molecule has 0 unspecified atom stereocenters. The van der Waals surface area contributed by atoms with Crippen LogP contribution in [0.25, 0.3) is 11.4 Å². The zero-order chi connectivity index (χ0) is 16.9. The van der Waals surface area contributed by atoms with Crippen LogP contribution >= 0.6 is 0 Å². The zero-order valence-corrected chi connectivity index (χ0v) is 13.6. The Hall–Kier alpha value is -3.09. The van der Waals surface area contributed by atoms with Crippen molar-refractivity contribution in [2.24, 2.45) is 7.05 Å². The number of amides is 1. The molecule has 0 spiro atoms. The van der Waals surface area contributed by atoms with Gasteiger partial charge < -0.3 is 4.90 Å². The fourth-order valence-electron chi connectivity index (χ4n) is 2.31. The lowest BCUT2D eigenvalue weighted by Gasteiger charge is -2.16. The van der Waals surface area contributed by atoms with Gasteiger partial charge in [-0.25, -0.2) is 9.97 Å². The van der Waals surface area contributed by atoms with Crippen molar-refractivity contribution in [1.29, 1.82) is 0 Å². The minimum atomic E-state index is -0.0971. The number of likely N-dealkylation sites (N-methyl/N-ethyl adjacent to an activating group) is 1. The second kappa shape index (κ2) is 6.99. The lowest BCUT2D eigenvalue weighted by molar-refractivity contribution is 0.0796. The van der Waals surface area contributed by atoms with Gasteiger partial charge in [-0.1, -0.05) is 0 Å². The highest BCUT2D eigenvalue weighted by molar-refractivity contribution is 5.93. The summed E-state index contributed by atoms with van der Waals surface area (Å²) in [6, 6.07) is 3.66. The number of hydrogen-bond acceptors (Lipinski definition) is 5. The van der Waals surface area contributed by atoms with Crippen LogP contribution in [0.3, 0.4) is 0 Å². The van der Waals surface area contributed by atoms with E-state index in [9.17, 15) is 4.79 Å². The molecule has 24 heavy (non-hydrogen) atoms. The molecule has 7 nitrogen and oxygen atoms in total. The van der Waals surface area contributed by atoms with Crippen molar-refractivity contribution >= 4 is 5.91 Å². The quantitative estimate of drug-likeness (QED) is 0.713. The van der Waals surface area contributed by atoms with Gasteiger partial charge in [0.1, 0.15) is 0 Å². The predicted octanol–water partition coefficient (Wildman–Crippen LogP) is 1.59. The fourth-order valence-corrected chi connectivity index (χ4v) is 2.31. The van der Waals surface area contributed by atoms with Gasteiger partial charge in [0.05, 0.1) is 11.8 Å². The second-order valence-electron chi connectivity index (χ2n) is 5.53. The van der Waals surface area contributed by atoms with Crippen molar-refractivity contribution < 1.29 is 4.79 Å². The summed E-state index contributed by atoms with van der Waals surface area (Å²) in [5.41, 5.74) is 2.44. The maximum absolute atomic E-state index is 12.4. The van der Waals surface area contributed by atoms with Crippen molar-refractivity contribution in [1.82, 2.24) is 29.6 Å². The number of rotatable bonds is 5. The maximum atomic E-state index is 12.4. The van der Waals surface area contributed by atoms with E-state index in [1.54, 1.807) is 41.4 Å². The van der Waals surface area contributed by atoms with E-state index in [1.165, 1.54) is 0 Å². The van der Waals surface area contributed by atoms with E-state index in [-0.39, 0.29) is 5.91 Å². The smallest absolute Gasteiger partial charge is 0.256 e. The summed E-state index contributed by atoms with van der Waals surface area (Å²) < 4.78 is 1.75. The molecule has 0 bridgehead atoms. The Balaban J connectivity index is 1.64. The van der Waals surface area contributed by atoms with Gasteiger partial charge in [-0.3, -0.25) is 14.5 Å². The van der Waals surface area contributed by atoms with Gasteiger partial charge in [0, 0.05) is 57.2 Å². The van der Waals surface area contributed by atoms with Crippen LogP contribution < -0.4 is 0 Å². The number of nitrogens with zero attached hydrogens (tertiary/aromatic N) is 6. The van der Waals surface area contributed by atoms with Gasteiger partial charge in [-0.05, 0) is 24.1 Å². The number of carbonyl (C=O) groups excluding carboxylic acids is 1. The van der Waals surface area contributed by atoms with Crippen LogP contribution in [-0.4, -0.2) is 49.1 Å². The first-order valence-corrected chi connectivity index (χ1v) is 7.59. The van der Waals surface area contributed by atoms with Crippen molar-refractivity contribution in [3.8, 4) is 11.4 Å². The molecular weight excluding hydrogens is 304 g/mol. The highest BCUT2D eigenvalue weighted by atomic mass is 16.2. The van der Waals surface area contributed by atoms with Gasteiger partial charge in [0.25, 0.3) is 5.91 Å². The van der Waals surface area contributed by atoms with E-state index in [0.717, 1.165) is 17.5 Å². The van der Waals surface area contributed by atoms with Crippen molar-refractivity contribution in [3.05, 3.63) is 60.4 Å². The largest absolute Gasteiger partial charge is 0.341 e. The van der Waals surface area contributed by atoms with Crippen LogP contribution in [0.2, 0.25) is 0 Å². The summed E-state index contributed by atoms with van der Waals surface area (Å²) in [5.74, 6) is 0.479. The molecule has 3 heterocycles. The molecule has 122 valence electrons. The molecule has 1 amide bonds. The normalized spacial score (nSPS) is 10.6. The van der Waals surface area contributed by atoms with Gasteiger partial charge in [-0.15, -0.1) is 0 Å². The molecule has 0 saturated heterocycles. The lowest BCUT2D eigenvalue weighted by Crippen LogP contribution is -2.29. The summed E-state index contributed by atoms with van der Waals surface area (Å²) in [6.07, 6.45) is 11.0. The number of hydrogen-bond donors (Lipinski definition) is 0. The Kier molecular flexibility index (Phi) is 4.60. The lowest BCUT2D eigenvalue weighted by atomic mass is 10.2. The van der Waals surface area contributed by atoms with Crippen LogP contribution in [0, 0.1) is 0 Å². The van der Waals surface area contributed by atoms with E-state index in [4.69, 9.17) is 0 Å². The summed E-state index contributed by atoms with van der Waals surface area (Å²) in [7, 11) is 3.65. The van der Waals surface area contributed by atoms with E-state index >= 15 is 0 Å². The van der Waals surface area contributed by atoms with Crippen molar-refractivity contribution in [2.75, 3.05) is 13.6 Å². The van der Waals surface area contributed by atoms with Crippen molar-refractivity contribution in [3.63, 3.8) is 0 Å². The Morgan fingerprint density at radius 3 is 2.50 bits per heavy atom. The third-order valence-electron chi connectivity index (χ3n) is 3.68. The highest BCUT2D eigenvalue weighted by Gasteiger charge is 2.13. The fraction of sp³-hybridized carbons (Fsp3) is 0.235. The molecule has 3 aromatic heterocycles. The molecule has 0 aliphatic carbocycles. The average Bonchev–Trinajstić information content (AvgIpc) is 3.05. The van der Waals surface area contributed by atoms with E-state index in [0.29, 0.717) is 17.9 Å². The number of aromatic nitrogens is 5. The summed E-state index contributed by atoms with van der Waals surface area (Å²) >= 11 is 0. The standard InChI is InChI=1S/C17H18N6O/c1-22(8-5-13-9-21-23(2)12-13)17(24)15-10-19-16(20-11-15)14-3-6-18-7-4-14/h3-4,6-7,9-12H,5,8H2,1-2H3. The molecule has 0 N–H and O–H groups in total. The maximum Gasteiger partial charge on any atom is 0.256 e. The Bertz CT molecular complexity index is 813. The van der Waals surface area contributed by atoms with Gasteiger partial charge >= 0.3 is 0 Å². The number of aryl methyl sites for hydroxylation is 1.